The van der Waals surface area contributed by atoms with Gasteiger partial charge in [-0.05, 0) is 31.7 Å². The number of fused-ring (bicyclic) bond motifs is 1. The Morgan fingerprint density at radius 1 is 1.45 bits per heavy atom. The van der Waals surface area contributed by atoms with E-state index in [4.69, 9.17) is 5.11 Å². The lowest BCUT2D eigenvalue weighted by molar-refractivity contribution is 0.0702. The number of aromatic amines is 1. The van der Waals surface area contributed by atoms with E-state index in [2.05, 4.69) is 16.0 Å². The predicted octanol–water partition coefficient (Wildman–Crippen LogP) is 2.73. The molecule has 104 valence electrons. The van der Waals surface area contributed by atoms with Gasteiger partial charge in [-0.2, -0.15) is 0 Å². The highest BCUT2D eigenvalue weighted by Crippen LogP contribution is 2.23. The van der Waals surface area contributed by atoms with Crippen molar-refractivity contribution in [2.75, 3.05) is 0 Å². The monoisotopic (exact) mass is 290 g/mol. The molecule has 0 saturated carbocycles. The topological polar surface area (TPSA) is 83.0 Å². The summed E-state index contributed by atoms with van der Waals surface area (Å²) in [4.78, 5) is 30.7. The first-order valence-corrected chi connectivity index (χ1v) is 7.39. The SMILES string of the molecule is O=C(O)c1cc2c(=O)[nH]c(CC3=CCCCC3)nc2s1. The molecular weight excluding hydrogens is 276 g/mol. The van der Waals surface area contributed by atoms with Crippen molar-refractivity contribution >= 4 is 27.5 Å². The summed E-state index contributed by atoms with van der Waals surface area (Å²) in [6.45, 7) is 0. The minimum atomic E-state index is -1.02. The van der Waals surface area contributed by atoms with E-state index in [1.165, 1.54) is 24.5 Å². The number of thiophene rings is 1. The number of aromatic carboxylic acids is 1. The van der Waals surface area contributed by atoms with Crippen LogP contribution in [0.15, 0.2) is 22.5 Å². The fourth-order valence-corrected chi connectivity index (χ4v) is 3.34. The van der Waals surface area contributed by atoms with Crippen LogP contribution in [0.4, 0.5) is 0 Å². The predicted molar refractivity (Wildman–Crippen MR) is 77.5 cm³/mol. The van der Waals surface area contributed by atoms with Gasteiger partial charge in [-0.1, -0.05) is 11.6 Å². The van der Waals surface area contributed by atoms with Gasteiger partial charge in [0, 0.05) is 6.42 Å². The molecule has 0 fully saturated rings. The number of rotatable bonds is 3. The van der Waals surface area contributed by atoms with Crippen molar-refractivity contribution in [3.8, 4) is 0 Å². The standard InChI is InChI=1S/C14H14N2O3S/c17-12-9-7-10(14(18)19)20-13(9)16-11(15-12)6-8-4-2-1-3-5-8/h4,7H,1-3,5-6H2,(H,18,19)(H,15,16,17). The molecule has 0 saturated heterocycles. The van der Waals surface area contributed by atoms with Crippen molar-refractivity contribution in [3.63, 3.8) is 0 Å². The molecule has 3 rings (SSSR count). The molecule has 0 unspecified atom stereocenters. The lowest BCUT2D eigenvalue weighted by Gasteiger charge is -2.11. The first kappa shape index (κ1) is 13.1. The van der Waals surface area contributed by atoms with Crippen molar-refractivity contribution in [2.45, 2.75) is 32.1 Å². The third kappa shape index (κ3) is 2.51. The highest BCUT2D eigenvalue weighted by atomic mass is 32.1. The lowest BCUT2D eigenvalue weighted by Crippen LogP contribution is -2.11. The molecule has 20 heavy (non-hydrogen) atoms. The number of allylic oxidation sites excluding steroid dienone is 2. The minimum Gasteiger partial charge on any atom is -0.477 e. The van der Waals surface area contributed by atoms with Crippen molar-refractivity contribution in [3.05, 3.63) is 38.8 Å². The minimum absolute atomic E-state index is 0.145. The molecule has 6 heteroatoms. The van der Waals surface area contributed by atoms with Gasteiger partial charge in [0.15, 0.2) is 0 Å². The second-order valence-corrected chi connectivity index (χ2v) is 5.96. The number of aromatic nitrogens is 2. The summed E-state index contributed by atoms with van der Waals surface area (Å²) in [6.07, 6.45) is 7.40. The molecule has 0 radical (unpaired) electrons. The molecule has 0 aromatic carbocycles. The Balaban J connectivity index is 1.98. The van der Waals surface area contributed by atoms with Crippen molar-refractivity contribution in [2.24, 2.45) is 0 Å². The van der Waals surface area contributed by atoms with Gasteiger partial charge in [-0.15, -0.1) is 11.3 Å². The van der Waals surface area contributed by atoms with Crippen LogP contribution < -0.4 is 5.56 Å². The Labute approximate surface area is 119 Å². The van der Waals surface area contributed by atoms with Crippen LogP contribution in [-0.4, -0.2) is 21.0 Å². The summed E-state index contributed by atoms with van der Waals surface area (Å²) in [5.41, 5.74) is 1.04. The fourth-order valence-electron chi connectivity index (χ4n) is 2.45. The zero-order chi connectivity index (χ0) is 14.1. The van der Waals surface area contributed by atoms with Crippen LogP contribution in [0.25, 0.3) is 10.2 Å². The van der Waals surface area contributed by atoms with Gasteiger partial charge in [0.1, 0.15) is 15.5 Å². The Hall–Kier alpha value is -1.95. The Morgan fingerprint density at radius 2 is 2.30 bits per heavy atom. The summed E-state index contributed by atoms with van der Waals surface area (Å²) >= 11 is 1.05. The molecule has 0 bridgehead atoms. The molecule has 1 aliphatic rings. The summed E-state index contributed by atoms with van der Waals surface area (Å²) in [5.74, 6) is -0.404. The normalized spacial score (nSPS) is 15.3. The molecule has 0 spiro atoms. The zero-order valence-corrected chi connectivity index (χ0v) is 11.6. The largest absolute Gasteiger partial charge is 0.477 e. The van der Waals surface area contributed by atoms with Gasteiger partial charge >= 0.3 is 5.97 Å². The number of carbonyl (C=O) groups is 1. The van der Waals surface area contributed by atoms with E-state index < -0.39 is 5.97 Å². The molecule has 2 aromatic heterocycles. The van der Waals surface area contributed by atoms with Crippen LogP contribution in [0, 0.1) is 0 Å². The number of hydrogen-bond acceptors (Lipinski definition) is 4. The summed E-state index contributed by atoms with van der Waals surface area (Å²) in [6, 6.07) is 1.39. The maximum atomic E-state index is 12.0. The van der Waals surface area contributed by atoms with Gasteiger partial charge in [0.2, 0.25) is 0 Å². The number of hydrogen-bond donors (Lipinski definition) is 2. The molecule has 2 N–H and O–H groups in total. The molecule has 5 nitrogen and oxygen atoms in total. The first-order valence-electron chi connectivity index (χ1n) is 6.57. The second-order valence-electron chi connectivity index (χ2n) is 4.93. The fraction of sp³-hybridized carbons (Fsp3) is 0.357. The van der Waals surface area contributed by atoms with Crippen LogP contribution >= 0.6 is 11.3 Å². The van der Waals surface area contributed by atoms with E-state index in [0.717, 1.165) is 24.2 Å². The van der Waals surface area contributed by atoms with E-state index in [-0.39, 0.29) is 10.4 Å². The van der Waals surface area contributed by atoms with Crippen LogP contribution in [0.5, 0.6) is 0 Å². The smallest absolute Gasteiger partial charge is 0.345 e. The molecule has 2 heterocycles. The van der Waals surface area contributed by atoms with E-state index >= 15 is 0 Å². The van der Waals surface area contributed by atoms with E-state index in [9.17, 15) is 9.59 Å². The van der Waals surface area contributed by atoms with Gasteiger partial charge in [-0.3, -0.25) is 4.79 Å². The molecule has 0 atom stereocenters. The second kappa shape index (κ2) is 5.20. The van der Waals surface area contributed by atoms with E-state index in [0.29, 0.717) is 22.5 Å². The van der Waals surface area contributed by atoms with Gasteiger partial charge in [-0.25, -0.2) is 9.78 Å². The summed E-state index contributed by atoms with van der Waals surface area (Å²) in [7, 11) is 0. The highest BCUT2D eigenvalue weighted by Gasteiger charge is 2.14. The molecule has 0 aliphatic heterocycles. The maximum absolute atomic E-state index is 12.0. The third-order valence-corrected chi connectivity index (χ3v) is 4.46. The van der Waals surface area contributed by atoms with Gasteiger partial charge < -0.3 is 10.1 Å². The summed E-state index contributed by atoms with van der Waals surface area (Å²) in [5, 5.41) is 9.32. The number of nitrogens with one attached hydrogen (secondary N) is 1. The maximum Gasteiger partial charge on any atom is 0.345 e. The zero-order valence-electron chi connectivity index (χ0n) is 10.8. The molecule has 2 aromatic rings. The van der Waals surface area contributed by atoms with Crippen LogP contribution in [0.1, 0.15) is 41.2 Å². The number of carboxylic acid groups (broad SMARTS) is 1. The van der Waals surface area contributed by atoms with Gasteiger partial charge in [0.05, 0.1) is 5.39 Å². The average Bonchev–Trinajstić information content (AvgIpc) is 2.84. The molecule has 0 amide bonds. The third-order valence-electron chi connectivity index (χ3n) is 3.44. The van der Waals surface area contributed by atoms with Crippen LogP contribution in [0.3, 0.4) is 0 Å². The first-order chi connectivity index (χ1) is 9.63. The van der Waals surface area contributed by atoms with E-state index in [1.807, 2.05) is 0 Å². The summed E-state index contributed by atoms with van der Waals surface area (Å²) < 4.78 is 0. The van der Waals surface area contributed by atoms with Crippen molar-refractivity contribution < 1.29 is 9.90 Å². The number of H-pyrrole nitrogens is 1. The average molecular weight is 290 g/mol. The lowest BCUT2D eigenvalue weighted by atomic mass is 9.97. The number of carboxylic acids is 1. The van der Waals surface area contributed by atoms with Crippen LogP contribution in [-0.2, 0) is 6.42 Å². The van der Waals surface area contributed by atoms with Crippen LogP contribution in [0.2, 0.25) is 0 Å². The van der Waals surface area contributed by atoms with Crippen molar-refractivity contribution in [1.29, 1.82) is 0 Å². The van der Waals surface area contributed by atoms with Crippen molar-refractivity contribution in [1.82, 2.24) is 9.97 Å². The Bertz CT molecular complexity index is 757. The highest BCUT2D eigenvalue weighted by molar-refractivity contribution is 7.20. The molecule has 1 aliphatic carbocycles. The van der Waals surface area contributed by atoms with E-state index in [1.54, 1.807) is 0 Å². The quantitative estimate of drug-likeness (QED) is 0.851. The molecular formula is C14H14N2O3S. The Morgan fingerprint density at radius 3 is 3.00 bits per heavy atom. The Kier molecular flexibility index (Phi) is 3.40. The number of nitrogens with zero attached hydrogens (tertiary/aromatic N) is 1. The van der Waals surface area contributed by atoms with Gasteiger partial charge in [0.25, 0.3) is 5.56 Å².